The third kappa shape index (κ3) is 4.36. The number of carbonyl (C=O) groups is 1. The molecule has 1 amide bonds. The van der Waals surface area contributed by atoms with Crippen LogP contribution in [-0.4, -0.2) is 30.8 Å². The first-order chi connectivity index (χ1) is 15.9. The van der Waals surface area contributed by atoms with E-state index in [1.807, 2.05) is 42.2 Å². The molecule has 1 aliphatic heterocycles. The molecule has 1 unspecified atom stereocenters. The molecule has 0 radical (unpaired) electrons. The Hall–Kier alpha value is -3.23. The van der Waals surface area contributed by atoms with Crippen LogP contribution in [-0.2, 0) is 10.0 Å². The molecule has 33 heavy (non-hydrogen) atoms. The van der Waals surface area contributed by atoms with Gasteiger partial charge in [0, 0.05) is 17.8 Å². The number of rotatable bonds is 5. The Bertz CT molecular complexity index is 1410. The smallest absolute Gasteiger partial charge is 0.261 e. The number of hydrogen-bond acceptors (Lipinski definition) is 5. The Kier molecular flexibility index (Phi) is 5.64. The third-order valence-corrected chi connectivity index (χ3v) is 8.29. The Morgan fingerprint density at radius 1 is 1.06 bits per heavy atom. The fourth-order valence-electron chi connectivity index (χ4n) is 4.18. The van der Waals surface area contributed by atoms with Crippen molar-refractivity contribution in [1.29, 1.82) is 0 Å². The van der Waals surface area contributed by atoms with Gasteiger partial charge in [0.15, 0.2) is 0 Å². The molecule has 8 heteroatoms. The van der Waals surface area contributed by atoms with E-state index in [0.717, 1.165) is 33.6 Å². The predicted octanol–water partition coefficient (Wildman–Crippen LogP) is 5.38. The lowest BCUT2D eigenvalue weighted by Crippen LogP contribution is -2.30. The highest BCUT2D eigenvalue weighted by atomic mass is 32.2. The van der Waals surface area contributed by atoms with Gasteiger partial charge in [0.25, 0.3) is 15.9 Å². The maximum Gasteiger partial charge on any atom is 0.261 e. The number of aryl methyl sites for hydroxylation is 1. The second-order valence-electron chi connectivity index (χ2n) is 8.18. The SMILES string of the molecule is Cc1cccc(NS(=O)(=O)c2cccc(C(=O)N3CCCC3c3nc4ccccc4s3)c2)c1. The van der Waals surface area contributed by atoms with Gasteiger partial charge < -0.3 is 4.90 Å². The lowest BCUT2D eigenvalue weighted by atomic mass is 10.1. The summed E-state index contributed by atoms with van der Waals surface area (Å²) in [4.78, 5) is 20.0. The monoisotopic (exact) mass is 477 g/mol. The van der Waals surface area contributed by atoms with E-state index < -0.39 is 10.0 Å². The van der Waals surface area contributed by atoms with Gasteiger partial charge in [0.1, 0.15) is 5.01 Å². The largest absolute Gasteiger partial charge is 0.329 e. The van der Waals surface area contributed by atoms with E-state index in [1.54, 1.807) is 41.7 Å². The molecular formula is C25H23N3O3S2. The number of likely N-dealkylation sites (tertiary alicyclic amines) is 1. The number of anilines is 1. The van der Waals surface area contributed by atoms with Crippen molar-refractivity contribution in [3.8, 4) is 0 Å². The molecule has 4 aromatic rings. The summed E-state index contributed by atoms with van der Waals surface area (Å²) in [5.41, 5.74) is 2.73. The summed E-state index contributed by atoms with van der Waals surface area (Å²) in [5.74, 6) is -0.177. The summed E-state index contributed by atoms with van der Waals surface area (Å²) in [6.45, 7) is 2.52. The van der Waals surface area contributed by atoms with Crippen LogP contribution in [0.1, 0.15) is 39.8 Å². The van der Waals surface area contributed by atoms with Crippen molar-refractivity contribution >= 4 is 43.2 Å². The van der Waals surface area contributed by atoms with Gasteiger partial charge in [-0.3, -0.25) is 9.52 Å². The zero-order valence-corrected chi connectivity index (χ0v) is 19.7. The number of carbonyl (C=O) groups excluding carboxylic acids is 1. The minimum absolute atomic E-state index is 0.0607. The number of benzene rings is 3. The summed E-state index contributed by atoms with van der Waals surface area (Å²) < 4.78 is 29.6. The summed E-state index contributed by atoms with van der Waals surface area (Å²) in [6, 6.07) is 21.3. The number of nitrogens with zero attached hydrogens (tertiary/aromatic N) is 2. The van der Waals surface area contributed by atoms with Crippen LogP contribution in [0.4, 0.5) is 5.69 Å². The first kappa shape index (κ1) is 21.6. The minimum atomic E-state index is -3.82. The quantitative estimate of drug-likeness (QED) is 0.418. The van der Waals surface area contributed by atoms with Crippen molar-refractivity contribution in [2.24, 2.45) is 0 Å². The Morgan fingerprint density at radius 2 is 1.88 bits per heavy atom. The van der Waals surface area contributed by atoms with Crippen molar-refractivity contribution in [2.45, 2.75) is 30.7 Å². The van der Waals surface area contributed by atoms with E-state index in [4.69, 9.17) is 4.98 Å². The molecule has 1 N–H and O–H groups in total. The molecule has 0 aliphatic carbocycles. The number of nitrogens with one attached hydrogen (secondary N) is 1. The zero-order valence-electron chi connectivity index (χ0n) is 18.1. The fourth-order valence-corrected chi connectivity index (χ4v) is 6.39. The molecule has 1 atom stereocenters. The second-order valence-corrected chi connectivity index (χ2v) is 10.9. The molecule has 1 fully saturated rings. The van der Waals surface area contributed by atoms with Crippen molar-refractivity contribution in [1.82, 2.24) is 9.88 Å². The van der Waals surface area contributed by atoms with Crippen molar-refractivity contribution < 1.29 is 13.2 Å². The maximum atomic E-state index is 13.4. The summed E-state index contributed by atoms with van der Waals surface area (Å²) in [5, 5.41) is 0.923. The highest BCUT2D eigenvalue weighted by molar-refractivity contribution is 7.92. The van der Waals surface area contributed by atoms with Gasteiger partial charge >= 0.3 is 0 Å². The van der Waals surface area contributed by atoms with Crippen LogP contribution >= 0.6 is 11.3 Å². The Balaban J connectivity index is 1.41. The Morgan fingerprint density at radius 3 is 2.70 bits per heavy atom. The average Bonchev–Trinajstić information content (AvgIpc) is 3.45. The van der Waals surface area contributed by atoms with Crippen molar-refractivity contribution in [3.05, 3.63) is 88.9 Å². The van der Waals surface area contributed by atoms with Crippen LogP contribution < -0.4 is 4.72 Å². The molecule has 0 spiro atoms. The van der Waals surface area contributed by atoms with Gasteiger partial charge in [-0.15, -0.1) is 11.3 Å². The van der Waals surface area contributed by atoms with E-state index in [2.05, 4.69) is 4.72 Å². The van der Waals surface area contributed by atoms with Crippen LogP contribution in [0.5, 0.6) is 0 Å². The average molecular weight is 478 g/mol. The van der Waals surface area contributed by atoms with Gasteiger partial charge in [-0.25, -0.2) is 13.4 Å². The first-order valence-electron chi connectivity index (χ1n) is 10.8. The van der Waals surface area contributed by atoms with Crippen LogP contribution in [0.15, 0.2) is 77.7 Å². The van der Waals surface area contributed by atoms with Crippen molar-refractivity contribution in [2.75, 3.05) is 11.3 Å². The van der Waals surface area contributed by atoms with E-state index in [-0.39, 0.29) is 16.8 Å². The topological polar surface area (TPSA) is 79.4 Å². The number of hydrogen-bond donors (Lipinski definition) is 1. The minimum Gasteiger partial charge on any atom is -0.329 e. The molecule has 1 aromatic heterocycles. The first-order valence-corrected chi connectivity index (χ1v) is 13.1. The molecule has 6 nitrogen and oxygen atoms in total. The molecule has 2 heterocycles. The van der Waals surface area contributed by atoms with E-state index in [1.165, 1.54) is 12.1 Å². The van der Waals surface area contributed by atoms with Gasteiger partial charge in [-0.05, 0) is 67.8 Å². The van der Waals surface area contributed by atoms with E-state index in [0.29, 0.717) is 17.8 Å². The Labute approximate surface area is 197 Å². The number of aromatic nitrogens is 1. The molecular weight excluding hydrogens is 454 g/mol. The number of sulfonamides is 1. The summed E-state index contributed by atoms with van der Waals surface area (Å²) >= 11 is 1.61. The number of amides is 1. The third-order valence-electron chi connectivity index (χ3n) is 5.77. The fraction of sp³-hybridized carbons (Fsp3) is 0.200. The number of para-hydroxylation sites is 1. The lowest BCUT2D eigenvalue weighted by molar-refractivity contribution is 0.0735. The predicted molar refractivity (Wildman–Crippen MR) is 131 cm³/mol. The van der Waals surface area contributed by atoms with Gasteiger partial charge in [0.05, 0.1) is 21.2 Å². The van der Waals surface area contributed by atoms with Crippen LogP contribution in [0.2, 0.25) is 0 Å². The highest BCUT2D eigenvalue weighted by Crippen LogP contribution is 2.37. The van der Waals surface area contributed by atoms with E-state index in [9.17, 15) is 13.2 Å². The second kappa shape index (κ2) is 8.61. The molecule has 1 aliphatic rings. The molecule has 3 aromatic carbocycles. The normalized spacial score (nSPS) is 16.3. The summed E-state index contributed by atoms with van der Waals surface area (Å²) in [7, 11) is -3.82. The summed E-state index contributed by atoms with van der Waals surface area (Å²) in [6.07, 6.45) is 1.73. The van der Waals surface area contributed by atoms with Gasteiger partial charge in [-0.1, -0.05) is 30.3 Å². The van der Waals surface area contributed by atoms with Gasteiger partial charge in [-0.2, -0.15) is 0 Å². The van der Waals surface area contributed by atoms with Crippen molar-refractivity contribution in [3.63, 3.8) is 0 Å². The molecule has 1 saturated heterocycles. The lowest BCUT2D eigenvalue weighted by Gasteiger charge is -2.23. The zero-order chi connectivity index (χ0) is 23.0. The molecule has 0 saturated carbocycles. The number of fused-ring (bicyclic) bond motifs is 1. The number of thiazole rings is 1. The standard InChI is InChI=1S/C25H23N3O3S2/c1-17-7-4-9-19(15-17)27-33(30,31)20-10-5-8-18(16-20)25(29)28-14-6-12-22(28)24-26-21-11-2-3-13-23(21)32-24/h2-5,7-11,13,15-16,22,27H,6,12,14H2,1H3. The highest BCUT2D eigenvalue weighted by Gasteiger charge is 2.33. The van der Waals surface area contributed by atoms with Gasteiger partial charge in [0.2, 0.25) is 0 Å². The maximum absolute atomic E-state index is 13.4. The van der Waals surface area contributed by atoms with E-state index >= 15 is 0 Å². The van der Waals surface area contributed by atoms with Crippen LogP contribution in [0.3, 0.4) is 0 Å². The molecule has 168 valence electrons. The van der Waals surface area contributed by atoms with Crippen LogP contribution in [0.25, 0.3) is 10.2 Å². The molecule has 5 rings (SSSR count). The molecule has 0 bridgehead atoms. The van der Waals surface area contributed by atoms with Crippen LogP contribution in [0, 0.1) is 6.92 Å².